The van der Waals surface area contributed by atoms with Gasteiger partial charge in [0.2, 0.25) is 0 Å². The van der Waals surface area contributed by atoms with Crippen molar-refractivity contribution >= 4 is 23.7 Å². The number of hydrogen-bond donors (Lipinski definition) is 2. The van der Waals surface area contributed by atoms with E-state index in [9.17, 15) is 9.59 Å². The van der Waals surface area contributed by atoms with Gasteiger partial charge in [-0.05, 0) is 31.0 Å². The third kappa shape index (κ3) is 5.48. The van der Waals surface area contributed by atoms with Gasteiger partial charge in [0, 0.05) is 11.4 Å². The maximum absolute atomic E-state index is 11.6. The monoisotopic (exact) mass is 299 g/mol. The van der Waals surface area contributed by atoms with E-state index in [1.165, 1.54) is 0 Å². The molecule has 0 heterocycles. The average molecular weight is 300 g/mol. The molecule has 2 N–H and O–H groups in total. The van der Waals surface area contributed by atoms with Crippen LogP contribution in [0.1, 0.15) is 25.8 Å². The number of aliphatic carboxylic acids is 1. The summed E-state index contributed by atoms with van der Waals surface area (Å²) in [5.41, 5.74) is 0.769. The number of amides is 1. The number of carboxylic acid groups (broad SMARTS) is 1. The second-order valence-corrected chi connectivity index (χ2v) is 4.93. The van der Waals surface area contributed by atoms with Crippen molar-refractivity contribution in [1.82, 2.24) is 5.32 Å². The Morgan fingerprint density at radius 3 is 2.45 bits per heavy atom. The van der Waals surface area contributed by atoms with Crippen LogP contribution in [0.4, 0.5) is 4.79 Å². The molecule has 2 atom stereocenters. The highest BCUT2D eigenvalue weighted by atomic mass is 35.5. The maximum atomic E-state index is 11.6. The van der Waals surface area contributed by atoms with Crippen LogP contribution in [0.25, 0.3) is 0 Å². The van der Waals surface area contributed by atoms with Crippen LogP contribution in [0.3, 0.4) is 0 Å². The van der Waals surface area contributed by atoms with Crippen molar-refractivity contribution in [1.29, 1.82) is 0 Å². The van der Waals surface area contributed by atoms with Crippen molar-refractivity contribution in [3.05, 3.63) is 34.9 Å². The first-order valence-corrected chi connectivity index (χ1v) is 6.74. The van der Waals surface area contributed by atoms with Gasteiger partial charge in [-0.25, -0.2) is 9.59 Å². The molecule has 0 saturated heterocycles. The van der Waals surface area contributed by atoms with E-state index in [1.54, 1.807) is 31.2 Å². The minimum absolute atomic E-state index is 0.169. The van der Waals surface area contributed by atoms with Crippen LogP contribution in [0.15, 0.2) is 24.3 Å². The zero-order valence-corrected chi connectivity index (χ0v) is 12.2. The summed E-state index contributed by atoms with van der Waals surface area (Å²) in [4.78, 5) is 22.7. The molecule has 0 saturated carbocycles. The van der Waals surface area contributed by atoms with Crippen LogP contribution in [-0.2, 0) is 16.0 Å². The van der Waals surface area contributed by atoms with Gasteiger partial charge >= 0.3 is 12.1 Å². The number of halogens is 1. The Kier molecular flexibility index (Phi) is 6.31. The SMILES string of the molecule is CC[C@H](C)OC(=O)N[C@H](Cc1ccc(Cl)cc1)C(=O)O. The summed E-state index contributed by atoms with van der Waals surface area (Å²) in [7, 11) is 0. The van der Waals surface area contributed by atoms with E-state index in [-0.39, 0.29) is 12.5 Å². The lowest BCUT2D eigenvalue weighted by atomic mass is 10.1. The lowest BCUT2D eigenvalue weighted by Crippen LogP contribution is -2.43. The number of carbonyl (C=O) groups is 2. The molecule has 20 heavy (non-hydrogen) atoms. The first-order chi connectivity index (χ1) is 9.42. The van der Waals surface area contributed by atoms with Gasteiger partial charge in [-0.15, -0.1) is 0 Å². The minimum atomic E-state index is -1.11. The molecule has 0 aliphatic heterocycles. The van der Waals surface area contributed by atoms with Crippen LogP contribution >= 0.6 is 11.6 Å². The summed E-state index contributed by atoms with van der Waals surface area (Å²) in [6.07, 6.45) is -0.134. The molecule has 0 fully saturated rings. The third-order valence-electron chi connectivity index (χ3n) is 2.83. The normalized spacial score (nSPS) is 13.3. The average Bonchev–Trinajstić information content (AvgIpc) is 2.40. The van der Waals surface area contributed by atoms with E-state index in [2.05, 4.69) is 5.32 Å². The molecule has 0 aromatic heterocycles. The Hall–Kier alpha value is -1.75. The van der Waals surface area contributed by atoms with E-state index in [4.69, 9.17) is 21.4 Å². The van der Waals surface area contributed by atoms with Crippen molar-refractivity contribution in [3.63, 3.8) is 0 Å². The molecule has 0 aliphatic carbocycles. The summed E-state index contributed by atoms with van der Waals surface area (Å²) >= 11 is 5.76. The van der Waals surface area contributed by atoms with E-state index in [0.29, 0.717) is 11.4 Å². The number of hydrogen-bond acceptors (Lipinski definition) is 3. The van der Waals surface area contributed by atoms with Crippen molar-refractivity contribution in [2.45, 2.75) is 38.8 Å². The molecule has 1 aromatic rings. The Bertz CT molecular complexity index is 461. The number of nitrogens with one attached hydrogen (secondary N) is 1. The van der Waals surface area contributed by atoms with Crippen LogP contribution < -0.4 is 5.32 Å². The molecular formula is C14H18ClNO4. The highest BCUT2D eigenvalue weighted by Crippen LogP contribution is 2.11. The first kappa shape index (κ1) is 16.3. The number of ether oxygens (including phenoxy) is 1. The molecule has 0 radical (unpaired) electrons. The molecule has 1 rings (SSSR count). The van der Waals surface area contributed by atoms with Crippen LogP contribution in [0.5, 0.6) is 0 Å². The molecule has 110 valence electrons. The standard InChI is InChI=1S/C14H18ClNO4/c1-3-9(2)20-14(19)16-12(13(17)18)8-10-4-6-11(15)7-5-10/h4-7,9,12H,3,8H2,1-2H3,(H,16,19)(H,17,18)/t9-,12+/m0/s1. The first-order valence-electron chi connectivity index (χ1n) is 6.36. The smallest absolute Gasteiger partial charge is 0.408 e. The number of benzene rings is 1. The van der Waals surface area contributed by atoms with Gasteiger partial charge in [0.25, 0.3) is 0 Å². The topological polar surface area (TPSA) is 75.6 Å². The molecule has 5 nitrogen and oxygen atoms in total. The van der Waals surface area contributed by atoms with Gasteiger partial charge in [0.05, 0.1) is 0 Å². The Balaban J connectivity index is 2.63. The third-order valence-corrected chi connectivity index (χ3v) is 3.08. The van der Waals surface area contributed by atoms with Crippen LogP contribution in [0.2, 0.25) is 5.02 Å². The molecule has 6 heteroatoms. The number of carboxylic acids is 1. The molecule has 0 spiro atoms. The lowest BCUT2D eigenvalue weighted by Gasteiger charge is -2.17. The highest BCUT2D eigenvalue weighted by Gasteiger charge is 2.21. The fraction of sp³-hybridized carbons (Fsp3) is 0.429. The zero-order valence-electron chi connectivity index (χ0n) is 11.4. The predicted octanol–water partition coefficient (Wildman–Crippen LogP) is 2.86. The van der Waals surface area contributed by atoms with E-state index >= 15 is 0 Å². The van der Waals surface area contributed by atoms with Crippen molar-refractivity contribution in [3.8, 4) is 0 Å². The molecule has 0 bridgehead atoms. The number of carbonyl (C=O) groups excluding carboxylic acids is 1. The summed E-state index contributed by atoms with van der Waals surface area (Å²) < 4.78 is 5.00. The summed E-state index contributed by atoms with van der Waals surface area (Å²) in [6.45, 7) is 3.62. The van der Waals surface area contributed by atoms with Crippen molar-refractivity contribution in [2.75, 3.05) is 0 Å². The van der Waals surface area contributed by atoms with Gasteiger partial charge in [0.1, 0.15) is 12.1 Å². The Morgan fingerprint density at radius 2 is 1.95 bits per heavy atom. The Morgan fingerprint density at radius 1 is 1.35 bits per heavy atom. The lowest BCUT2D eigenvalue weighted by molar-refractivity contribution is -0.139. The van der Waals surface area contributed by atoms with E-state index in [0.717, 1.165) is 5.56 Å². The number of rotatable bonds is 6. The molecule has 1 aromatic carbocycles. The maximum Gasteiger partial charge on any atom is 0.408 e. The number of alkyl carbamates (subject to hydrolysis) is 1. The quantitative estimate of drug-likeness (QED) is 0.847. The van der Waals surface area contributed by atoms with Gasteiger partial charge in [-0.3, -0.25) is 0 Å². The molecule has 0 unspecified atom stereocenters. The van der Waals surface area contributed by atoms with Gasteiger partial charge in [-0.2, -0.15) is 0 Å². The van der Waals surface area contributed by atoms with Crippen molar-refractivity contribution < 1.29 is 19.4 Å². The summed E-state index contributed by atoms with van der Waals surface area (Å²) in [6, 6.07) is 5.76. The molecule has 0 aliphatic rings. The fourth-order valence-electron chi connectivity index (χ4n) is 1.50. The molecular weight excluding hydrogens is 282 g/mol. The largest absolute Gasteiger partial charge is 0.480 e. The van der Waals surface area contributed by atoms with Gasteiger partial charge in [0.15, 0.2) is 0 Å². The summed E-state index contributed by atoms with van der Waals surface area (Å²) in [5, 5.41) is 12.1. The predicted molar refractivity (Wildman–Crippen MR) is 75.9 cm³/mol. The summed E-state index contributed by atoms with van der Waals surface area (Å²) in [5.74, 6) is -1.11. The second kappa shape index (κ2) is 7.75. The van der Waals surface area contributed by atoms with Crippen molar-refractivity contribution in [2.24, 2.45) is 0 Å². The van der Waals surface area contributed by atoms with Gasteiger partial charge < -0.3 is 15.2 Å². The second-order valence-electron chi connectivity index (χ2n) is 4.49. The van der Waals surface area contributed by atoms with E-state index in [1.807, 2.05) is 6.92 Å². The minimum Gasteiger partial charge on any atom is -0.480 e. The zero-order chi connectivity index (χ0) is 15.1. The highest BCUT2D eigenvalue weighted by molar-refractivity contribution is 6.30. The van der Waals surface area contributed by atoms with E-state index < -0.39 is 18.1 Å². The Labute approximate surface area is 122 Å². The fourth-order valence-corrected chi connectivity index (χ4v) is 1.62. The van der Waals surface area contributed by atoms with Crippen LogP contribution in [0, 0.1) is 0 Å². The molecule has 1 amide bonds. The van der Waals surface area contributed by atoms with Crippen LogP contribution in [-0.4, -0.2) is 29.3 Å². The van der Waals surface area contributed by atoms with Gasteiger partial charge in [-0.1, -0.05) is 30.7 Å².